The molecular formula is C18H20N2O2S. The lowest BCUT2D eigenvalue weighted by Gasteiger charge is -2.31. The average Bonchev–Trinajstić information content (AvgIpc) is 2.79. The number of hydrogen-bond acceptors (Lipinski definition) is 4. The van der Waals surface area contributed by atoms with Gasteiger partial charge in [0.05, 0.1) is 5.69 Å². The molecule has 5 heteroatoms. The molecule has 1 aliphatic rings. The molecule has 0 saturated heterocycles. The van der Waals surface area contributed by atoms with Crippen molar-refractivity contribution in [2.24, 2.45) is 0 Å². The van der Waals surface area contributed by atoms with E-state index in [9.17, 15) is 9.90 Å². The van der Waals surface area contributed by atoms with Crippen molar-refractivity contribution >= 4 is 22.8 Å². The van der Waals surface area contributed by atoms with E-state index < -0.39 is 5.54 Å². The fourth-order valence-electron chi connectivity index (χ4n) is 2.74. The van der Waals surface area contributed by atoms with Crippen molar-refractivity contribution in [3.63, 3.8) is 0 Å². The van der Waals surface area contributed by atoms with Crippen LogP contribution in [0.1, 0.15) is 36.4 Å². The van der Waals surface area contributed by atoms with E-state index in [1.165, 1.54) is 16.9 Å². The fraction of sp³-hybridized carbons (Fsp3) is 0.333. The molecule has 0 fully saturated rings. The Hall–Kier alpha value is -2.14. The Labute approximate surface area is 139 Å². The molecule has 0 spiro atoms. The number of nitrogens with one attached hydrogen (secondary N) is 1. The highest BCUT2D eigenvalue weighted by Crippen LogP contribution is 2.35. The molecule has 2 N–H and O–H groups in total. The number of carbonyl (C=O) groups excluding carboxylic acids is 1. The maximum atomic E-state index is 12.4. The molecule has 23 heavy (non-hydrogen) atoms. The lowest BCUT2D eigenvalue weighted by atomic mass is 9.91. The zero-order valence-corrected chi connectivity index (χ0v) is 14.5. The van der Waals surface area contributed by atoms with Gasteiger partial charge in [-0.15, -0.1) is 11.3 Å². The van der Waals surface area contributed by atoms with E-state index in [1.807, 2.05) is 52.0 Å². The number of aromatic nitrogens is 1. The van der Waals surface area contributed by atoms with E-state index in [0.29, 0.717) is 17.7 Å². The highest BCUT2D eigenvalue weighted by molar-refractivity contribution is 7.15. The number of aliphatic hydroxyl groups is 1. The van der Waals surface area contributed by atoms with E-state index >= 15 is 0 Å². The van der Waals surface area contributed by atoms with Crippen LogP contribution in [-0.2, 0) is 4.79 Å². The highest BCUT2D eigenvalue weighted by atomic mass is 32.1. The van der Waals surface area contributed by atoms with Gasteiger partial charge in [-0.25, -0.2) is 4.98 Å². The van der Waals surface area contributed by atoms with Gasteiger partial charge >= 0.3 is 0 Å². The maximum absolute atomic E-state index is 12.4. The largest absolute Gasteiger partial charge is 0.511 e. The Morgan fingerprint density at radius 1 is 1.22 bits per heavy atom. The molecule has 0 bridgehead atoms. The first-order valence-corrected chi connectivity index (χ1v) is 8.38. The van der Waals surface area contributed by atoms with Crippen molar-refractivity contribution < 1.29 is 9.90 Å². The van der Waals surface area contributed by atoms with E-state index in [0.717, 1.165) is 15.4 Å². The minimum Gasteiger partial charge on any atom is -0.511 e. The molecule has 4 nitrogen and oxygen atoms in total. The molecule has 120 valence electrons. The van der Waals surface area contributed by atoms with Crippen molar-refractivity contribution in [1.29, 1.82) is 0 Å². The number of aryl methyl sites for hydroxylation is 2. The van der Waals surface area contributed by atoms with Gasteiger partial charge in [-0.3, -0.25) is 4.79 Å². The van der Waals surface area contributed by atoms with Crippen molar-refractivity contribution in [2.75, 3.05) is 0 Å². The van der Waals surface area contributed by atoms with Crippen molar-refractivity contribution in [2.45, 2.75) is 39.7 Å². The van der Waals surface area contributed by atoms with Gasteiger partial charge in [0.2, 0.25) is 0 Å². The van der Waals surface area contributed by atoms with Gasteiger partial charge in [-0.05, 0) is 27.7 Å². The minimum absolute atomic E-state index is 0.114. The van der Waals surface area contributed by atoms with Crippen LogP contribution < -0.4 is 5.32 Å². The fourth-order valence-corrected chi connectivity index (χ4v) is 3.67. The molecule has 1 aliphatic heterocycles. The summed E-state index contributed by atoms with van der Waals surface area (Å²) in [7, 11) is 0. The van der Waals surface area contributed by atoms with Crippen LogP contribution in [-0.4, -0.2) is 21.5 Å². The lowest BCUT2D eigenvalue weighted by molar-refractivity contribution is -0.117. The van der Waals surface area contributed by atoms with E-state index in [1.54, 1.807) is 0 Å². The molecule has 0 atom stereocenters. The molecule has 2 heterocycles. The van der Waals surface area contributed by atoms with Crippen molar-refractivity contribution in [1.82, 2.24) is 10.3 Å². The molecule has 1 amide bonds. The summed E-state index contributed by atoms with van der Waals surface area (Å²) >= 11 is 1.53. The second-order valence-corrected chi connectivity index (χ2v) is 7.83. The Morgan fingerprint density at radius 3 is 2.48 bits per heavy atom. The zero-order chi connectivity index (χ0) is 16.8. The first-order valence-electron chi connectivity index (χ1n) is 7.56. The SMILES string of the molecule is Cc1ccc(-c2nc(C3=C(O)CC(C)(C)NC3=O)c(C)s2)cc1. The first-order chi connectivity index (χ1) is 10.8. The van der Waals surface area contributed by atoms with Crippen molar-refractivity contribution in [3.05, 3.63) is 46.2 Å². The van der Waals surface area contributed by atoms with E-state index in [4.69, 9.17) is 0 Å². The smallest absolute Gasteiger partial charge is 0.257 e. The van der Waals surface area contributed by atoms with Gasteiger partial charge in [0.25, 0.3) is 5.91 Å². The molecular weight excluding hydrogens is 308 g/mol. The number of amides is 1. The number of benzene rings is 1. The molecule has 1 aromatic carbocycles. The number of carbonyl (C=O) groups is 1. The average molecular weight is 328 g/mol. The summed E-state index contributed by atoms with van der Waals surface area (Å²) in [5, 5.41) is 14.1. The third-order valence-electron chi connectivity index (χ3n) is 3.91. The molecule has 1 aromatic heterocycles. The summed E-state index contributed by atoms with van der Waals surface area (Å²) in [6, 6.07) is 8.13. The van der Waals surface area contributed by atoms with Gasteiger partial charge in [-0.1, -0.05) is 29.8 Å². The molecule has 2 aromatic rings. The number of nitrogens with zero attached hydrogens (tertiary/aromatic N) is 1. The summed E-state index contributed by atoms with van der Waals surface area (Å²) < 4.78 is 0. The Balaban J connectivity index is 2.05. The second kappa shape index (κ2) is 5.49. The third-order valence-corrected chi connectivity index (χ3v) is 4.93. The summed E-state index contributed by atoms with van der Waals surface area (Å²) in [5.74, 6) is -0.148. The van der Waals surface area contributed by atoms with Crippen molar-refractivity contribution in [3.8, 4) is 10.6 Å². The van der Waals surface area contributed by atoms with Crippen LogP contribution in [0.4, 0.5) is 0 Å². The predicted molar refractivity (Wildman–Crippen MR) is 93.4 cm³/mol. The van der Waals surface area contributed by atoms with Crippen LogP contribution in [0.5, 0.6) is 0 Å². The molecule has 3 rings (SSSR count). The van der Waals surface area contributed by atoms with Crippen LogP contribution in [0.15, 0.2) is 30.0 Å². The summed E-state index contributed by atoms with van der Waals surface area (Å²) in [4.78, 5) is 17.9. The maximum Gasteiger partial charge on any atom is 0.257 e. The van der Waals surface area contributed by atoms with Crippen LogP contribution >= 0.6 is 11.3 Å². The van der Waals surface area contributed by atoms with E-state index in [2.05, 4.69) is 10.3 Å². The molecule has 0 unspecified atom stereocenters. The zero-order valence-electron chi connectivity index (χ0n) is 13.7. The third kappa shape index (κ3) is 3.01. The first kappa shape index (κ1) is 15.7. The standard InChI is InChI=1S/C18H20N2O2S/c1-10-5-7-12(8-6-10)17-19-15(11(2)23-17)14-13(21)9-18(3,4)20-16(14)22/h5-8,21H,9H2,1-4H3,(H,20,22). The predicted octanol–water partition coefficient (Wildman–Crippen LogP) is 3.99. The monoisotopic (exact) mass is 328 g/mol. The van der Waals surface area contributed by atoms with Crippen LogP contribution in [0.25, 0.3) is 16.1 Å². The summed E-state index contributed by atoms with van der Waals surface area (Å²) in [5.41, 5.74) is 2.66. The number of aliphatic hydroxyl groups excluding tert-OH is 1. The summed E-state index contributed by atoms with van der Waals surface area (Å²) in [6.07, 6.45) is 0.408. The minimum atomic E-state index is -0.436. The van der Waals surface area contributed by atoms with Crippen LogP contribution in [0, 0.1) is 13.8 Å². The molecule has 0 saturated carbocycles. The normalized spacial score (nSPS) is 17.3. The van der Waals surface area contributed by atoms with Gasteiger partial charge in [0, 0.05) is 22.4 Å². The summed E-state index contributed by atoms with van der Waals surface area (Å²) in [6.45, 7) is 7.75. The quantitative estimate of drug-likeness (QED) is 0.876. The van der Waals surface area contributed by atoms with Crippen LogP contribution in [0.2, 0.25) is 0 Å². The Bertz CT molecular complexity index is 801. The second-order valence-electron chi connectivity index (χ2n) is 6.63. The topological polar surface area (TPSA) is 62.2 Å². The van der Waals surface area contributed by atoms with Gasteiger partial charge in [0.1, 0.15) is 16.3 Å². The highest BCUT2D eigenvalue weighted by Gasteiger charge is 2.34. The van der Waals surface area contributed by atoms with Crippen LogP contribution in [0.3, 0.4) is 0 Å². The lowest BCUT2D eigenvalue weighted by Crippen LogP contribution is -2.47. The Kier molecular flexibility index (Phi) is 3.76. The van der Waals surface area contributed by atoms with E-state index in [-0.39, 0.29) is 11.7 Å². The number of hydrogen-bond donors (Lipinski definition) is 2. The molecule has 0 aliphatic carbocycles. The van der Waals surface area contributed by atoms with Gasteiger partial charge in [-0.2, -0.15) is 0 Å². The number of rotatable bonds is 2. The van der Waals surface area contributed by atoms with Gasteiger partial charge in [0.15, 0.2) is 0 Å². The number of thiazole rings is 1. The molecule has 0 radical (unpaired) electrons. The van der Waals surface area contributed by atoms with Gasteiger partial charge < -0.3 is 10.4 Å². The Morgan fingerprint density at radius 2 is 1.87 bits per heavy atom.